The molecular weight excluding hydrogens is 404 g/mol. The maximum Gasteiger partial charge on any atom is 0.251 e. The van der Waals surface area contributed by atoms with E-state index >= 15 is 0 Å². The van der Waals surface area contributed by atoms with Gasteiger partial charge in [0, 0.05) is 11.0 Å². The van der Waals surface area contributed by atoms with E-state index in [2.05, 4.69) is 52.1 Å². The Balaban J connectivity index is 1.77. The Hall–Kier alpha value is -2.40. The number of benzene rings is 1. The summed E-state index contributed by atoms with van der Waals surface area (Å²) in [5.41, 5.74) is 9.72. The molecule has 1 aromatic carbocycles. The zero-order valence-electron chi connectivity index (χ0n) is 19.2. The minimum atomic E-state index is -0.464. The van der Waals surface area contributed by atoms with E-state index in [0.717, 1.165) is 36.8 Å². The molecule has 0 bridgehead atoms. The molecule has 2 amide bonds. The van der Waals surface area contributed by atoms with Crippen LogP contribution in [-0.4, -0.2) is 11.8 Å². The Morgan fingerprint density at radius 1 is 1.26 bits per heavy atom. The number of carbonyl (C=O) groups excluding carboxylic acids is 2. The van der Waals surface area contributed by atoms with Gasteiger partial charge in [-0.3, -0.25) is 9.59 Å². The largest absolute Gasteiger partial charge is 0.365 e. The molecule has 3 N–H and O–H groups in total. The van der Waals surface area contributed by atoms with E-state index in [-0.39, 0.29) is 11.3 Å². The number of primary amides is 1. The van der Waals surface area contributed by atoms with Gasteiger partial charge in [0.05, 0.1) is 5.56 Å². The highest BCUT2D eigenvalue weighted by Crippen LogP contribution is 2.45. The number of anilines is 1. The second kappa shape index (κ2) is 9.39. The van der Waals surface area contributed by atoms with Crippen molar-refractivity contribution in [3.63, 3.8) is 0 Å². The van der Waals surface area contributed by atoms with E-state index in [0.29, 0.717) is 22.4 Å². The molecule has 1 aromatic heterocycles. The van der Waals surface area contributed by atoms with Crippen molar-refractivity contribution in [3.8, 4) is 0 Å². The van der Waals surface area contributed by atoms with Gasteiger partial charge in [-0.15, -0.1) is 11.3 Å². The molecule has 1 atom stereocenters. The van der Waals surface area contributed by atoms with Gasteiger partial charge in [-0.05, 0) is 59.3 Å². The normalized spacial score (nSPS) is 16.5. The monoisotopic (exact) mass is 438 g/mol. The molecule has 166 valence electrons. The lowest BCUT2D eigenvalue weighted by Crippen LogP contribution is -2.29. The van der Waals surface area contributed by atoms with Crippen molar-refractivity contribution in [3.05, 3.63) is 57.5 Å². The molecule has 2 aromatic rings. The summed E-state index contributed by atoms with van der Waals surface area (Å²) >= 11 is 1.51. The molecule has 1 unspecified atom stereocenters. The van der Waals surface area contributed by atoms with Crippen molar-refractivity contribution in [1.82, 2.24) is 0 Å². The Morgan fingerprint density at radius 2 is 1.94 bits per heavy atom. The number of nitrogens with one attached hydrogen (secondary N) is 1. The summed E-state index contributed by atoms with van der Waals surface area (Å²) in [6, 6.07) is 8.17. The zero-order chi connectivity index (χ0) is 22.8. The quantitative estimate of drug-likeness (QED) is 0.508. The lowest BCUT2D eigenvalue weighted by Gasteiger charge is -2.36. The number of nitrogens with two attached hydrogens (primary N) is 1. The van der Waals surface area contributed by atoms with Crippen LogP contribution in [0.15, 0.2) is 30.3 Å². The van der Waals surface area contributed by atoms with Crippen molar-refractivity contribution in [2.24, 2.45) is 17.1 Å². The molecule has 0 fully saturated rings. The first kappa shape index (κ1) is 23.3. The summed E-state index contributed by atoms with van der Waals surface area (Å²) in [4.78, 5) is 26.0. The molecule has 0 radical (unpaired) electrons. The number of carbonyl (C=O) groups is 2. The van der Waals surface area contributed by atoms with Gasteiger partial charge < -0.3 is 11.1 Å². The highest BCUT2D eigenvalue weighted by atomic mass is 32.1. The van der Waals surface area contributed by atoms with Crippen LogP contribution in [-0.2, 0) is 17.6 Å². The maximum absolute atomic E-state index is 12.6. The van der Waals surface area contributed by atoms with Gasteiger partial charge in [0.25, 0.3) is 5.91 Å². The van der Waals surface area contributed by atoms with Crippen molar-refractivity contribution in [2.45, 2.75) is 66.2 Å². The van der Waals surface area contributed by atoms with Gasteiger partial charge in [-0.25, -0.2) is 0 Å². The smallest absolute Gasteiger partial charge is 0.251 e. The fourth-order valence-corrected chi connectivity index (χ4v) is 5.54. The first-order valence-electron chi connectivity index (χ1n) is 11.2. The average molecular weight is 439 g/mol. The maximum atomic E-state index is 12.6. The number of rotatable bonds is 7. The van der Waals surface area contributed by atoms with E-state index in [1.165, 1.54) is 27.9 Å². The molecule has 4 nitrogen and oxygen atoms in total. The summed E-state index contributed by atoms with van der Waals surface area (Å²) in [5.74, 6) is 0.330. The fourth-order valence-electron chi connectivity index (χ4n) is 4.21. The van der Waals surface area contributed by atoms with Crippen molar-refractivity contribution < 1.29 is 9.59 Å². The van der Waals surface area contributed by atoms with Gasteiger partial charge in [-0.1, -0.05) is 65.3 Å². The second-order valence-electron chi connectivity index (χ2n) is 9.50. The SMILES string of the molecule is CCC(C)(C)C1CCc2c(sc(NC(=O)C=Cc3ccc(C(C)C)cc3)c2C(N)=O)C1. The standard InChI is InChI=1S/C26H34N2O2S/c1-6-26(4,5)19-12-13-20-21(15-19)31-25(23(20)24(27)30)28-22(29)14-9-17-7-10-18(11-8-17)16(2)3/h7-11,14,16,19H,6,12-13,15H2,1-5H3,(H2,27,30)(H,28,29). The summed E-state index contributed by atoms with van der Waals surface area (Å²) in [6.07, 6.45) is 7.24. The van der Waals surface area contributed by atoms with Gasteiger partial charge in [-0.2, -0.15) is 0 Å². The molecule has 3 rings (SSSR count). The van der Waals surface area contributed by atoms with Crippen LogP contribution in [0.1, 0.15) is 85.3 Å². The highest BCUT2D eigenvalue weighted by Gasteiger charge is 2.34. The zero-order valence-corrected chi connectivity index (χ0v) is 20.1. The molecule has 1 aliphatic carbocycles. The van der Waals surface area contributed by atoms with Crippen LogP contribution >= 0.6 is 11.3 Å². The summed E-state index contributed by atoms with van der Waals surface area (Å²) in [7, 11) is 0. The van der Waals surface area contributed by atoms with Crippen molar-refractivity contribution >= 4 is 34.2 Å². The van der Waals surface area contributed by atoms with Crippen molar-refractivity contribution in [2.75, 3.05) is 5.32 Å². The van der Waals surface area contributed by atoms with E-state index in [1.807, 2.05) is 12.1 Å². The number of amides is 2. The number of hydrogen-bond acceptors (Lipinski definition) is 3. The van der Waals surface area contributed by atoms with Crippen LogP contribution < -0.4 is 11.1 Å². The minimum absolute atomic E-state index is 0.250. The fraction of sp³-hybridized carbons (Fsp3) is 0.462. The minimum Gasteiger partial charge on any atom is -0.365 e. The summed E-state index contributed by atoms with van der Waals surface area (Å²) in [5, 5.41) is 3.49. The molecule has 31 heavy (non-hydrogen) atoms. The highest BCUT2D eigenvalue weighted by molar-refractivity contribution is 7.17. The Morgan fingerprint density at radius 3 is 2.52 bits per heavy atom. The molecule has 0 saturated heterocycles. The van der Waals surface area contributed by atoms with Gasteiger partial charge in [0.1, 0.15) is 5.00 Å². The molecule has 5 heteroatoms. The molecule has 0 spiro atoms. The van der Waals surface area contributed by atoms with E-state index in [4.69, 9.17) is 5.73 Å². The van der Waals surface area contributed by atoms with E-state index in [9.17, 15) is 9.59 Å². The molecular formula is C26H34N2O2S. The second-order valence-corrected chi connectivity index (χ2v) is 10.6. The van der Waals surface area contributed by atoms with Gasteiger partial charge >= 0.3 is 0 Å². The molecule has 1 heterocycles. The Bertz CT molecular complexity index is 984. The number of hydrogen-bond donors (Lipinski definition) is 2. The van der Waals surface area contributed by atoms with Crippen LogP contribution in [0.3, 0.4) is 0 Å². The molecule has 0 aliphatic heterocycles. The first-order valence-corrected chi connectivity index (χ1v) is 12.0. The van der Waals surface area contributed by atoms with Crippen molar-refractivity contribution in [1.29, 1.82) is 0 Å². The van der Waals surface area contributed by atoms with Gasteiger partial charge in [0.15, 0.2) is 0 Å². The lowest BCUT2D eigenvalue weighted by atomic mass is 9.69. The third-order valence-corrected chi connectivity index (χ3v) is 7.96. The van der Waals surface area contributed by atoms with E-state index < -0.39 is 5.91 Å². The van der Waals surface area contributed by atoms with Crippen LogP contribution in [0.5, 0.6) is 0 Å². The topological polar surface area (TPSA) is 72.2 Å². The molecule has 0 saturated carbocycles. The third kappa shape index (κ3) is 5.27. The van der Waals surface area contributed by atoms with Crippen LogP contribution in [0.2, 0.25) is 0 Å². The lowest BCUT2D eigenvalue weighted by molar-refractivity contribution is -0.111. The van der Waals surface area contributed by atoms with Crippen LogP contribution in [0.4, 0.5) is 5.00 Å². The van der Waals surface area contributed by atoms with Crippen LogP contribution in [0.25, 0.3) is 6.08 Å². The van der Waals surface area contributed by atoms with Crippen LogP contribution in [0, 0.1) is 11.3 Å². The van der Waals surface area contributed by atoms with E-state index in [1.54, 1.807) is 6.08 Å². The Kier molecular flexibility index (Phi) is 7.05. The third-order valence-electron chi connectivity index (χ3n) is 6.80. The van der Waals surface area contributed by atoms with Gasteiger partial charge in [0.2, 0.25) is 5.91 Å². The Labute approximate surface area is 189 Å². The number of fused-ring (bicyclic) bond motifs is 1. The predicted octanol–water partition coefficient (Wildman–Crippen LogP) is 6.16. The predicted molar refractivity (Wildman–Crippen MR) is 131 cm³/mol. The molecule has 1 aliphatic rings. The first-order chi connectivity index (χ1) is 14.6. The average Bonchev–Trinajstić information content (AvgIpc) is 3.09. The summed E-state index contributed by atoms with van der Waals surface area (Å²) < 4.78 is 0. The summed E-state index contributed by atoms with van der Waals surface area (Å²) in [6.45, 7) is 11.2. The number of thiophene rings is 1.